The predicted octanol–water partition coefficient (Wildman–Crippen LogP) is 2.25. The Hall–Kier alpha value is -1.42. The van der Waals surface area contributed by atoms with E-state index in [0.29, 0.717) is 0 Å². The van der Waals surface area contributed by atoms with E-state index in [9.17, 15) is 0 Å². The second kappa shape index (κ2) is 3.87. The monoisotopic (exact) mass is 231 g/mol. The third kappa shape index (κ3) is 1.69. The largest absolute Gasteiger partial charge is 0.323 e. The maximum atomic E-state index is 4.51. The number of hydrogen-bond acceptors (Lipinski definition) is 4. The van der Waals surface area contributed by atoms with Gasteiger partial charge in [0.1, 0.15) is 0 Å². The first-order valence-electron chi connectivity index (χ1n) is 5.34. The van der Waals surface area contributed by atoms with Crippen molar-refractivity contribution in [2.45, 2.75) is 0 Å². The zero-order valence-corrected chi connectivity index (χ0v) is 9.94. The van der Waals surface area contributed by atoms with Gasteiger partial charge >= 0.3 is 0 Å². The standard InChI is InChI=1S/C12H13N3S/c1-14-7-8-15-9-11(16-12(15)13-14)10-5-3-2-4-6-10/h2-6,9H,7-8H2,1H3. The molecule has 0 aromatic heterocycles. The Kier molecular flexibility index (Phi) is 2.36. The summed E-state index contributed by atoms with van der Waals surface area (Å²) in [7, 11) is 2.02. The van der Waals surface area contributed by atoms with Gasteiger partial charge in [0, 0.05) is 24.7 Å². The summed E-state index contributed by atoms with van der Waals surface area (Å²) in [5.74, 6) is 0. The lowest BCUT2D eigenvalue weighted by molar-refractivity contribution is 0.299. The first-order valence-corrected chi connectivity index (χ1v) is 6.16. The fraction of sp³-hybridized carbons (Fsp3) is 0.250. The van der Waals surface area contributed by atoms with Crippen LogP contribution in [0.2, 0.25) is 0 Å². The molecule has 4 heteroatoms. The van der Waals surface area contributed by atoms with Crippen LogP contribution in [-0.4, -0.2) is 35.2 Å². The van der Waals surface area contributed by atoms with Crippen molar-refractivity contribution in [1.82, 2.24) is 9.91 Å². The van der Waals surface area contributed by atoms with E-state index in [4.69, 9.17) is 0 Å². The fourth-order valence-corrected chi connectivity index (χ4v) is 2.87. The van der Waals surface area contributed by atoms with Crippen molar-refractivity contribution < 1.29 is 0 Å². The first-order chi connectivity index (χ1) is 7.83. The van der Waals surface area contributed by atoms with Gasteiger partial charge in [0.05, 0.1) is 6.54 Å². The van der Waals surface area contributed by atoms with E-state index in [1.54, 1.807) is 11.8 Å². The molecule has 1 aromatic rings. The molecule has 0 N–H and O–H groups in total. The van der Waals surface area contributed by atoms with E-state index in [1.807, 2.05) is 18.1 Å². The van der Waals surface area contributed by atoms with Crippen molar-refractivity contribution >= 4 is 21.8 Å². The van der Waals surface area contributed by atoms with Gasteiger partial charge in [-0.1, -0.05) is 30.3 Å². The van der Waals surface area contributed by atoms with Gasteiger partial charge < -0.3 is 4.90 Å². The smallest absolute Gasteiger partial charge is 0.192 e. The van der Waals surface area contributed by atoms with Crippen LogP contribution in [0.4, 0.5) is 0 Å². The molecule has 0 aliphatic carbocycles. The molecule has 0 fully saturated rings. The molecule has 0 saturated carbocycles. The zero-order chi connectivity index (χ0) is 11.0. The van der Waals surface area contributed by atoms with Crippen LogP contribution in [0, 0.1) is 0 Å². The van der Waals surface area contributed by atoms with Gasteiger partial charge in [-0.2, -0.15) is 5.10 Å². The fourth-order valence-electron chi connectivity index (χ4n) is 1.80. The average molecular weight is 231 g/mol. The second-order valence-electron chi connectivity index (χ2n) is 3.92. The third-order valence-electron chi connectivity index (χ3n) is 2.70. The molecular weight excluding hydrogens is 218 g/mol. The quantitative estimate of drug-likeness (QED) is 0.738. The minimum Gasteiger partial charge on any atom is -0.323 e. The number of nitrogens with zero attached hydrogens (tertiary/aromatic N) is 3. The summed E-state index contributed by atoms with van der Waals surface area (Å²) in [5.41, 5.74) is 1.27. The van der Waals surface area contributed by atoms with Crippen LogP contribution in [0.25, 0.3) is 4.91 Å². The summed E-state index contributed by atoms with van der Waals surface area (Å²) in [5, 5.41) is 7.60. The number of thioether (sulfide) groups is 1. The highest BCUT2D eigenvalue weighted by atomic mass is 32.2. The Morgan fingerprint density at radius 3 is 2.81 bits per heavy atom. The van der Waals surface area contributed by atoms with Gasteiger partial charge in [-0.3, -0.25) is 5.01 Å². The molecule has 3 nitrogen and oxygen atoms in total. The van der Waals surface area contributed by atoms with E-state index in [2.05, 4.69) is 40.5 Å². The van der Waals surface area contributed by atoms with Crippen molar-refractivity contribution in [1.29, 1.82) is 0 Å². The van der Waals surface area contributed by atoms with Crippen molar-refractivity contribution in [3.63, 3.8) is 0 Å². The molecule has 0 amide bonds. The predicted molar refractivity (Wildman–Crippen MR) is 68.8 cm³/mol. The van der Waals surface area contributed by atoms with Crippen molar-refractivity contribution in [2.75, 3.05) is 20.1 Å². The van der Waals surface area contributed by atoms with Crippen molar-refractivity contribution in [2.24, 2.45) is 5.10 Å². The van der Waals surface area contributed by atoms with Gasteiger partial charge in [0.25, 0.3) is 0 Å². The highest BCUT2D eigenvalue weighted by Gasteiger charge is 2.25. The van der Waals surface area contributed by atoms with Gasteiger partial charge in [0.2, 0.25) is 0 Å². The van der Waals surface area contributed by atoms with E-state index in [0.717, 1.165) is 18.3 Å². The normalized spacial score (nSPS) is 19.3. The molecule has 0 atom stereocenters. The van der Waals surface area contributed by atoms with E-state index in [-0.39, 0.29) is 0 Å². The van der Waals surface area contributed by atoms with Crippen LogP contribution < -0.4 is 0 Å². The molecule has 0 bridgehead atoms. The van der Waals surface area contributed by atoms with Gasteiger partial charge in [-0.05, 0) is 17.3 Å². The Balaban J connectivity index is 1.89. The topological polar surface area (TPSA) is 18.8 Å². The number of benzene rings is 1. The molecule has 0 spiro atoms. The maximum absolute atomic E-state index is 4.51. The first kappa shape index (κ1) is 9.78. The summed E-state index contributed by atoms with van der Waals surface area (Å²) in [6.45, 7) is 2.02. The number of fused-ring (bicyclic) bond motifs is 1. The lowest BCUT2D eigenvalue weighted by atomic mass is 10.2. The molecule has 16 heavy (non-hydrogen) atoms. The zero-order valence-electron chi connectivity index (χ0n) is 9.13. The Bertz CT molecular complexity index is 453. The molecule has 0 unspecified atom stereocenters. The molecule has 2 aliphatic heterocycles. The molecule has 0 saturated heterocycles. The molecule has 1 aromatic carbocycles. The van der Waals surface area contributed by atoms with Gasteiger partial charge in [-0.25, -0.2) is 0 Å². The number of hydrogen-bond donors (Lipinski definition) is 0. The van der Waals surface area contributed by atoms with Crippen LogP contribution in [0.5, 0.6) is 0 Å². The Morgan fingerprint density at radius 1 is 1.19 bits per heavy atom. The summed E-state index contributed by atoms with van der Waals surface area (Å²) in [6.07, 6.45) is 2.20. The lowest BCUT2D eigenvalue weighted by Crippen LogP contribution is -2.35. The number of hydrazone groups is 1. The maximum Gasteiger partial charge on any atom is 0.192 e. The molecule has 2 heterocycles. The van der Waals surface area contributed by atoms with Crippen molar-refractivity contribution in [3.05, 3.63) is 42.1 Å². The Morgan fingerprint density at radius 2 is 2.00 bits per heavy atom. The highest BCUT2D eigenvalue weighted by molar-refractivity contribution is 8.22. The number of likely N-dealkylation sites (N-methyl/N-ethyl adjacent to an activating group) is 1. The molecule has 0 radical (unpaired) electrons. The summed E-state index contributed by atoms with van der Waals surface area (Å²) in [6, 6.07) is 10.5. The summed E-state index contributed by atoms with van der Waals surface area (Å²) >= 11 is 1.75. The molecule has 2 aliphatic rings. The number of rotatable bonds is 1. The van der Waals surface area contributed by atoms with Gasteiger partial charge in [0.15, 0.2) is 5.17 Å². The third-order valence-corrected chi connectivity index (χ3v) is 3.76. The minimum absolute atomic E-state index is 0.989. The summed E-state index contributed by atoms with van der Waals surface area (Å²) < 4.78 is 0. The van der Waals surface area contributed by atoms with Crippen molar-refractivity contribution in [3.8, 4) is 0 Å². The summed E-state index contributed by atoms with van der Waals surface area (Å²) in [4.78, 5) is 3.52. The SMILES string of the molecule is CN1CCN2C=C(c3ccccc3)SC2=N1. The van der Waals surface area contributed by atoms with Crippen LogP contribution in [0.1, 0.15) is 5.56 Å². The van der Waals surface area contributed by atoms with E-state index < -0.39 is 0 Å². The van der Waals surface area contributed by atoms with E-state index >= 15 is 0 Å². The Labute approximate surface area is 99.4 Å². The molecule has 3 rings (SSSR count). The van der Waals surface area contributed by atoms with Crippen LogP contribution in [0.15, 0.2) is 41.6 Å². The van der Waals surface area contributed by atoms with E-state index in [1.165, 1.54) is 10.5 Å². The second-order valence-corrected chi connectivity index (χ2v) is 4.93. The number of amidine groups is 1. The van der Waals surface area contributed by atoms with Crippen LogP contribution in [0.3, 0.4) is 0 Å². The lowest BCUT2D eigenvalue weighted by Gasteiger charge is -2.26. The minimum atomic E-state index is 0.989. The molecule has 82 valence electrons. The van der Waals surface area contributed by atoms with Crippen LogP contribution in [-0.2, 0) is 0 Å². The highest BCUT2D eigenvalue weighted by Crippen LogP contribution is 2.36. The average Bonchev–Trinajstić information content (AvgIpc) is 2.73. The molecular formula is C12H13N3S. The van der Waals surface area contributed by atoms with Gasteiger partial charge in [-0.15, -0.1) is 0 Å². The van der Waals surface area contributed by atoms with Crippen LogP contribution >= 0.6 is 11.8 Å².